The van der Waals surface area contributed by atoms with Gasteiger partial charge in [-0.05, 0) is 62.8 Å². The van der Waals surface area contributed by atoms with Crippen LogP contribution in [0.4, 0.5) is 0 Å². The highest BCUT2D eigenvalue weighted by Gasteiger charge is 2.73. The maximum absolute atomic E-state index is 6.08. The molecule has 3 saturated carbocycles. The van der Waals surface area contributed by atoms with Crippen LogP contribution in [-0.4, -0.2) is 41.1 Å². The molecule has 8 rings (SSSR count). The molecule has 4 aromatic rings. The first-order chi connectivity index (χ1) is 16.1. The minimum absolute atomic E-state index is 0.431. The zero-order chi connectivity index (χ0) is 21.9. The molecule has 5 heterocycles. The van der Waals surface area contributed by atoms with E-state index in [2.05, 4.69) is 33.4 Å². The molecule has 0 amide bonds. The highest BCUT2D eigenvalue weighted by molar-refractivity contribution is 5.81. The summed E-state index contributed by atoms with van der Waals surface area (Å²) < 4.78 is 8.34. The summed E-state index contributed by atoms with van der Waals surface area (Å²) in [5.74, 6) is 3.83. The van der Waals surface area contributed by atoms with Crippen molar-refractivity contribution >= 4 is 22.3 Å². The molecule has 1 spiro atoms. The number of H-pyrrole nitrogens is 1. The van der Waals surface area contributed by atoms with Gasteiger partial charge in [-0.25, -0.2) is 24.9 Å². The molecule has 3 fully saturated rings. The van der Waals surface area contributed by atoms with Gasteiger partial charge in [-0.3, -0.25) is 0 Å². The molecule has 4 aromatic heterocycles. The lowest BCUT2D eigenvalue weighted by Crippen LogP contribution is -2.33. The molecular weight excluding hydrogens is 414 g/mol. The SMILES string of the molecule is CC1(C)OCCn2c1nc1c(C3C4CCCC5CCC543)nc(-c3cnc4[nH]cnc4c3)nc12. The molecule has 1 aliphatic heterocycles. The molecule has 0 aromatic carbocycles. The molecule has 3 aliphatic carbocycles. The Hall–Kier alpha value is -2.87. The Morgan fingerprint density at radius 3 is 2.91 bits per heavy atom. The van der Waals surface area contributed by atoms with Crippen LogP contribution in [0.25, 0.3) is 33.7 Å². The first kappa shape index (κ1) is 18.5. The fourth-order valence-corrected chi connectivity index (χ4v) is 7.44. The topological polar surface area (TPSA) is 94.4 Å². The third-order valence-electron chi connectivity index (χ3n) is 9.08. The maximum atomic E-state index is 6.08. The second-order valence-electron chi connectivity index (χ2n) is 10.9. The van der Waals surface area contributed by atoms with Crippen LogP contribution in [0, 0.1) is 17.3 Å². The van der Waals surface area contributed by atoms with Crippen molar-refractivity contribution in [3.05, 3.63) is 30.1 Å². The zero-order valence-electron chi connectivity index (χ0n) is 19.0. The van der Waals surface area contributed by atoms with Crippen molar-refractivity contribution in [2.75, 3.05) is 6.61 Å². The fraction of sp³-hybridized carbons (Fsp3) is 0.560. The summed E-state index contributed by atoms with van der Waals surface area (Å²) in [6, 6.07) is 2.04. The number of aromatic nitrogens is 7. The Labute approximate surface area is 191 Å². The number of imidazole rings is 2. The summed E-state index contributed by atoms with van der Waals surface area (Å²) in [5.41, 5.74) is 5.65. The van der Waals surface area contributed by atoms with E-state index >= 15 is 0 Å². The lowest BCUT2D eigenvalue weighted by atomic mass is 9.63. The first-order valence-corrected chi connectivity index (χ1v) is 12.3. The minimum Gasteiger partial charge on any atom is -0.366 e. The van der Waals surface area contributed by atoms with E-state index in [4.69, 9.17) is 19.7 Å². The van der Waals surface area contributed by atoms with E-state index in [0.29, 0.717) is 17.9 Å². The van der Waals surface area contributed by atoms with E-state index in [1.807, 2.05) is 12.3 Å². The zero-order valence-corrected chi connectivity index (χ0v) is 19.0. The molecule has 0 bridgehead atoms. The lowest BCUT2D eigenvalue weighted by molar-refractivity contribution is -0.0530. The average molecular weight is 442 g/mol. The van der Waals surface area contributed by atoms with Crippen LogP contribution in [0.1, 0.15) is 63.4 Å². The van der Waals surface area contributed by atoms with Crippen molar-refractivity contribution < 1.29 is 4.74 Å². The third-order valence-corrected chi connectivity index (χ3v) is 9.08. The van der Waals surface area contributed by atoms with Gasteiger partial charge in [0.15, 0.2) is 17.1 Å². The second-order valence-corrected chi connectivity index (χ2v) is 10.9. The van der Waals surface area contributed by atoms with E-state index in [9.17, 15) is 0 Å². The predicted octanol–water partition coefficient (Wildman–Crippen LogP) is 4.32. The summed E-state index contributed by atoms with van der Waals surface area (Å²) in [5, 5.41) is 0. The van der Waals surface area contributed by atoms with Gasteiger partial charge in [-0.1, -0.05) is 6.42 Å². The molecule has 4 aliphatic rings. The Kier molecular flexibility index (Phi) is 3.36. The summed E-state index contributed by atoms with van der Waals surface area (Å²) in [7, 11) is 0. The molecular formula is C25H27N7O. The molecule has 8 heteroatoms. The monoisotopic (exact) mass is 441 g/mol. The molecule has 33 heavy (non-hydrogen) atoms. The number of rotatable bonds is 2. The molecule has 0 radical (unpaired) electrons. The standard InChI is InChI=1S/C25H27N7O/c1-24(2)23-30-19-18(17-15-5-3-4-14-6-7-25(14,15)17)29-20(31-22(19)32(23)8-9-33-24)13-10-16-21(26-11-13)28-12-27-16/h10-12,14-15,17H,3-9H2,1-2H3,(H,26,27,28). The fourth-order valence-electron chi connectivity index (χ4n) is 7.44. The van der Waals surface area contributed by atoms with Crippen LogP contribution in [0.5, 0.6) is 0 Å². The quantitative estimate of drug-likeness (QED) is 0.498. The van der Waals surface area contributed by atoms with Crippen LogP contribution < -0.4 is 0 Å². The van der Waals surface area contributed by atoms with Crippen LogP contribution in [0.3, 0.4) is 0 Å². The minimum atomic E-state index is -0.431. The molecule has 8 nitrogen and oxygen atoms in total. The van der Waals surface area contributed by atoms with Gasteiger partial charge >= 0.3 is 0 Å². The van der Waals surface area contributed by atoms with E-state index in [-0.39, 0.29) is 0 Å². The lowest BCUT2D eigenvalue weighted by Gasteiger charge is -2.42. The Balaban J connectivity index is 1.38. The van der Waals surface area contributed by atoms with Crippen LogP contribution >= 0.6 is 0 Å². The number of hydrogen-bond donors (Lipinski definition) is 1. The summed E-state index contributed by atoms with van der Waals surface area (Å²) in [6.07, 6.45) is 10.3. The van der Waals surface area contributed by atoms with Crippen LogP contribution in [0.15, 0.2) is 18.6 Å². The van der Waals surface area contributed by atoms with E-state index < -0.39 is 5.60 Å². The molecule has 0 saturated heterocycles. The first-order valence-electron chi connectivity index (χ1n) is 12.3. The summed E-state index contributed by atoms with van der Waals surface area (Å²) in [4.78, 5) is 27.5. The van der Waals surface area contributed by atoms with E-state index in [1.165, 1.54) is 32.1 Å². The van der Waals surface area contributed by atoms with Gasteiger partial charge in [0.25, 0.3) is 0 Å². The maximum Gasteiger partial charge on any atom is 0.164 e. The highest BCUT2D eigenvalue weighted by Crippen LogP contribution is 2.81. The van der Waals surface area contributed by atoms with Crippen molar-refractivity contribution in [3.8, 4) is 11.4 Å². The molecule has 1 N–H and O–H groups in total. The highest BCUT2D eigenvalue weighted by atomic mass is 16.5. The number of hydrogen-bond acceptors (Lipinski definition) is 6. The van der Waals surface area contributed by atoms with Crippen molar-refractivity contribution in [2.24, 2.45) is 17.3 Å². The Bertz CT molecular complexity index is 1450. The van der Waals surface area contributed by atoms with Crippen molar-refractivity contribution in [3.63, 3.8) is 0 Å². The number of nitrogens with one attached hydrogen (secondary N) is 1. The van der Waals surface area contributed by atoms with Gasteiger partial charge < -0.3 is 14.3 Å². The average Bonchev–Trinajstić information content (AvgIpc) is 3.08. The Morgan fingerprint density at radius 1 is 1.12 bits per heavy atom. The largest absolute Gasteiger partial charge is 0.366 e. The number of nitrogens with zero attached hydrogens (tertiary/aromatic N) is 6. The Morgan fingerprint density at radius 2 is 2.06 bits per heavy atom. The molecule has 168 valence electrons. The van der Waals surface area contributed by atoms with Gasteiger partial charge in [0, 0.05) is 24.2 Å². The van der Waals surface area contributed by atoms with Crippen LogP contribution in [0.2, 0.25) is 0 Å². The predicted molar refractivity (Wildman–Crippen MR) is 122 cm³/mol. The second kappa shape index (κ2) is 5.97. The van der Waals surface area contributed by atoms with Crippen molar-refractivity contribution in [1.82, 2.24) is 34.5 Å². The van der Waals surface area contributed by atoms with Gasteiger partial charge in [-0.2, -0.15) is 0 Å². The van der Waals surface area contributed by atoms with Gasteiger partial charge in [0.05, 0.1) is 18.6 Å². The molecule has 4 atom stereocenters. The summed E-state index contributed by atoms with van der Waals surface area (Å²) in [6.45, 7) is 5.64. The number of ether oxygens (including phenoxy) is 1. The van der Waals surface area contributed by atoms with E-state index in [0.717, 1.165) is 63.6 Å². The molecule has 4 unspecified atom stereocenters. The van der Waals surface area contributed by atoms with Crippen LogP contribution in [-0.2, 0) is 16.9 Å². The van der Waals surface area contributed by atoms with E-state index in [1.54, 1.807) is 6.33 Å². The van der Waals surface area contributed by atoms with Crippen molar-refractivity contribution in [1.29, 1.82) is 0 Å². The van der Waals surface area contributed by atoms with Gasteiger partial charge in [-0.15, -0.1) is 0 Å². The van der Waals surface area contributed by atoms with Gasteiger partial charge in [0.1, 0.15) is 22.5 Å². The third kappa shape index (κ3) is 2.27. The smallest absolute Gasteiger partial charge is 0.164 e. The number of aromatic amines is 1. The normalized spacial score (nSPS) is 31.6. The van der Waals surface area contributed by atoms with Crippen molar-refractivity contribution in [2.45, 2.75) is 64.0 Å². The number of fused-ring (bicyclic) bond motifs is 4. The van der Waals surface area contributed by atoms with Gasteiger partial charge in [0.2, 0.25) is 0 Å². The summed E-state index contributed by atoms with van der Waals surface area (Å²) >= 11 is 0. The number of pyridine rings is 1.